The van der Waals surface area contributed by atoms with Crippen molar-refractivity contribution >= 4 is 30.0 Å². The van der Waals surface area contributed by atoms with Crippen LogP contribution in [0, 0.1) is 0 Å². The van der Waals surface area contributed by atoms with Gasteiger partial charge in [0.2, 0.25) is 11.7 Å². The first kappa shape index (κ1) is 48.0. The molecule has 0 aliphatic rings. The van der Waals surface area contributed by atoms with Crippen LogP contribution in [0.3, 0.4) is 0 Å². The van der Waals surface area contributed by atoms with Gasteiger partial charge >= 0.3 is 11.9 Å². The van der Waals surface area contributed by atoms with Gasteiger partial charge in [0.15, 0.2) is 0 Å². The predicted octanol–water partition coefficient (Wildman–Crippen LogP) is 13.2. The van der Waals surface area contributed by atoms with Gasteiger partial charge in [0, 0.05) is 47.0 Å². The number of nitrogens with zero attached hydrogens (tertiary/aromatic N) is 2. The fraction of sp³-hybridized carbons (Fsp3) is 0.415. The lowest BCUT2D eigenvalue weighted by Crippen LogP contribution is -2.22. The van der Waals surface area contributed by atoms with Crippen LogP contribution < -0.4 is 5.32 Å². The number of unbranched alkanes of at least 4 members (excludes halogenated alkanes) is 13. The highest BCUT2D eigenvalue weighted by atomic mass is 16.6. The molecule has 0 unspecified atom stereocenters. The number of H-pyrrole nitrogens is 1. The maximum atomic E-state index is 12.6. The monoisotopic (exact) mass is 854 g/mol. The van der Waals surface area contributed by atoms with E-state index in [0.29, 0.717) is 18.1 Å². The van der Waals surface area contributed by atoms with E-state index in [1.54, 1.807) is 25.1 Å². The Bertz CT molecular complexity index is 2220. The Labute approximate surface area is 374 Å². The molecule has 1 amide bonds. The summed E-state index contributed by atoms with van der Waals surface area (Å²) < 4.78 is 15.7. The molecule has 0 aliphatic carbocycles. The molecule has 334 valence electrons. The van der Waals surface area contributed by atoms with Gasteiger partial charge in [-0.05, 0) is 57.4 Å². The van der Waals surface area contributed by atoms with Gasteiger partial charge in [-0.1, -0.05) is 168 Å². The standard InChI is InChI=1S/C53H66N4O6/c1-6-8-9-10-11-12-13-14-15-16-17-18-19-20-37-54-47(58)35-25-39-21-27-42(28-22-39)49-50(43-29-23-40(24-30-43)26-36-48(59)62-53(3,4)5)56-51(55-49)44-33-31-41(32-34-44)45-38-46(63-57-45)52(60)61-7-2/h21-36,38H,6-20,37H2,1-5H3,(H,54,58)(H,55,56)/b35-25+,36-26+. The first-order valence-electron chi connectivity index (χ1n) is 23.0. The van der Waals surface area contributed by atoms with Crippen LogP contribution in [0.25, 0.3) is 57.3 Å². The summed E-state index contributed by atoms with van der Waals surface area (Å²) in [4.78, 5) is 45.6. The third-order valence-electron chi connectivity index (χ3n) is 10.6. The molecule has 0 saturated carbocycles. The third kappa shape index (κ3) is 16.3. The van der Waals surface area contributed by atoms with Crippen molar-refractivity contribution in [3.8, 4) is 45.2 Å². The molecule has 5 rings (SSSR count). The number of carbonyl (C=O) groups is 3. The number of nitrogens with one attached hydrogen (secondary N) is 2. The lowest BCUT2D eigenvalue weighted by Gasteiger charge is -2.17. The molecular weight excluding hydrogens is 789 g/mol. The number of hydrogen-bond acceptors (Lipinski definition) is 8. The zero-order valence-corrected chi connectivity index (χ0v) is 38.0. The topological polar surface area (TPSA) is 136 Å². The summed E-state index contributed by atoms with van der Waals surface area (Å²) in [5, 5.41) is 7.08. The first-order chi connectivity index (χ1) is 30.5. The van der Waals surface area contributed by atoms with E-state index in [-0.39, 0.29) is 18.3 Å². The van der Waals surface area contributed by atoms with Gasteiger partial charge in [-0.2, -0.15) is 0 Å². The summed E-state index contributed by atoms with van der Waals surface area (Å²) in [6, 6.07) is 25.0. The molecule has 2 heterocycles. The summed E-state index contributed by atoms with van der Waals surface area (Å²) in [6.07, 6.45) is 24.9. The van der Waals surface area contributed by atoms with Crippen molar-refractivity contribution in [3.63, 3.8) is 0 Å². The predicted molar refractivity (Wildman–Crippen MR) is 254 cm³/mol. The highest BCUT2D eigenvalue weighted by Crippen LogP contribution is 2.34. The Morgan fingerprint density at radius 3 is 1.76 bits per heavy atom. The van der Waals surface area contributed by atoms with Gasteiger partial charge in [0.1, 0.15) is 17.1 Å². The second-order valence-corrected chi connectivity index (χ2v) is 17.0. The van der Waals surface area contributed by atoms with Gasteiger partial charge in [-0.25, -0.2) is 14.6 Å². The molecule has 0 atom stereocenters. The molecule has 10 heteroatoms. The Morgan fingerprint density at radius 2 is 1.19 bits per heavy atom. The molecule has 0 saturated heterocycles. The minimum absolute atomic E-state index is 0.0442. The number of imidazole rings is 1. The molecule has 0 aliphatic heterocycles. The summed E-state index contributed by atoms with van der Waals surface area (Å²) in [6.45, 7) is 10.4. The van der Waals surface area contributed by atoms with Gasteiger partial charge < -0.3 is 24.3 Å². The lowest BCUT2D eigenvalue weighted by atomic mass is 10.0. The third-order valence-corrected chi connectivity index (χ3v) is 10.6. The maximum absolute atomic E-state index is 12.6. The van der Waals surface area contributed by atoms with Crippen LogP contribution in [0.2, 0.25) is 0 Å². The summed E-state index contributed by atoms with van der Waals surface area (Å²) in [5.41, 5.74) is 6.68. The van der Waals surface area contributed by atoms with Crippen molar-refractivity contribution < 1.29 is 28.4 Å². The van der Waals surface area contributed by atoms with Gasteiger partial charge in [0.25, 0.3) is 0 Å². The lowest BCUT2D eigenvalue weighted by molar-refractivity contribution is -0.148. The molecule has 2 aromatic heterocycles. The minimum Gasteiger partial charge on any atom is -0.460 e. The summed E-state index contributed by atoms with van der Waals surface area (Å²) >= 11 is 0. The highest BCUT2D eigenvalue weighted by molar-refractivity contribution is 5.92. The highest BCUT2D eigenvalue weighted by Gasteiger charge is 2.18. The van der Waals surface area contributed by atoms with E-state index in [9.17, 15) is 14.4 Å². The Morgan fingerprint density at radius 1 is 0.667 bits per heavy atom. The zero-order valence-electron chi connectivity index (χ0n) is 38.0. The smallest absolute Gasteiger partial charge is 0.377 e. The van der Waals surface area contributed by atoms with Crippen molar-refractivity contribution in [1.29, 1.82) is 0 Å². The Hall–Kier alpha value is -6.03. The van der Waals surface area contributed by atoms with Gasteiger partial charge in [0.05, 0.1) is 18.0 Å². The zero-order chi connectivity index (χ0) is 44.9. The Balaban J connectivity index is 1.19. The van der Waals surface area contributed by atoms with Crippen molar-refractivity contribution in [3.05, 3.63) is 108 Å². The van der Waals surface area contributed by atoms with Crippen LogP contribution in [0.5, 0.6) is 0 Å². The first-order valence-corrected chi connectivity index (χ1v) is 23.0. The molecular formula is C53H66N4O6. The molecule has 0 bridgehead atoms. The largest absolute Gasteiger partial charge is 0.460 e. The molecule has 0 radical (unpaired) electrons. The number of rotatable bonds is 25. The molecule has 5 aromatic rings. The second-order valence-electron chi connectivity index (χ2n) is 17.0. The van der Waals surface area contributed by atoms with Gasteiger partial charge in [-0.3, -0.25) is 4.79 Å². The molecule has 2 N–H and O–H groups in total. The van der Waals surface area contributed by atoms with Crippen molar-refractivity contribution in [1.82, 2.24) is 20.4 Å². The fourth-order valence-electron chi connectivity index (χ4n) is 7.21. The van der Waals surface area contributed by atoms with E-state index in [2.05, 4.69) is 22.4 Å². The van der Waals surface area contributed by atoms with Crippen LogP contribution in [0.15, 0.2) is 95.5 Å². The van der Waals surface area contributed by atoms with Crippen LogP contribution in [0.1, 0.15) is 146 Å². The Kier molecular flexibility index (Phi) is 19.2. The number of aromatic amines is 1. The molecule has 3 aromatic carbocycles. The van der Waals surface area contributed by atoms with E-state index >= 15 is 0 Å². The van der Waals surface area contributed by atoms with E-state index in [1.807, 2.05) is 99.6 Å². The SMILES string of the molecule is CCCCCCCCCCCCCCCCNC(=O)/C=C/c1ccc(-c2[nH]c(-c3ccc(-c4cc(C(=O)OCC)on4)cc3)nc2-c2ccc(/C=C/C(=O)OC(C)(C)C)cc2)cc1. The summed E-state index contributed by atoms with van der Waals surface area (Å²) in [7, 11) is 0. The van der Waals surface area contributed by atoms with Crippen LogP contribution in [-0.4, -0.2) is 51.7 Å². The minimum atomic E-state index is -0.572. The number of ether oxygens (including phenoxy) is 2. The normalized spacial score (nSPS) is 11.7. The quantitative estimate of drug-likeness (QED) is 0.0336. The number of hydrogen-bond donors (Lipinski definition) is 2. The van der Waals surface area contributed by atoms with Crippen LogP contribution >= 0.6 is 0 Å². The van der Waals surface area contributed by atoms with E-state index in [1.165, 1.54) is 83.1 Å². The fourth-order valence-corrected chi connectivity index (χ4v) is 7.21. The van der Waals surface area contributed by atoms with Crippen molar-refractivity contribution in [2.24, 2.45) is 0 Å². The average Bonchev–Trinajstić information content (AvgIpc) is 3.96. The molecule has 0 spiro atoms. The van der Waals surface area contributed by atoms with Gasteiger partial charge in [-0.15, -0.1) is 0 Å². The summed E-state index contributed by atoms with van der Waals surface area (Å²) in [5.74, 6) is -0.350. The van der Waals surface area contributed by atoms with Crippen LogP contribution in [0.4, 0.5) is 0 Å². The molecule has 63 heavy (non-hydrogen) atoms. The van der Waals surface area contributed by atoms with Crippen molar-refractivity contribution in [2.75, 3.05) is 13.2 Å². The van der Waals surface area contributed by atoms with E-state index < -0.39 is 17.5 Å². The number of amides is 1. The van der Waals surface area contributed by atoms with E-state index in [0.717, 1.165) is 57.6 Å². The van der Waals surface area contributed by atoms with Crippen LogP contribution in [-0.2, 0) is 19.1 Å². The molecule has 0 fully saturated rings. The number of benzene rings is 3. The molecule has 10 nitrogen and oxygen atoms in total. The number of carbonyl (C=O) groups excluding carboxylic acids is 3. The number of esters is 2. The average molecular weight is 855 g/mol. The van der Waals surface area contributed by atoms with E-state index in [4.69, 9.17) is 19.0 Å². The number of aromatic nitrogens is 3. The van der Waals surface area contributed by atoms with Crippen molar-refractivity contribution in [2.45, 2.75) is 130 Å². The maximum Gasteiger partial charge on any atom is 0.377 e. The second kappa shape index (κ2) is 25.2.